The average Bonchev–Trinajstić information content (AvgIpc) is 3.25. The van der Waals surface area contributed by atoms with Crippen molar-refractivity contribution in [3.8, 4) is 0 Å². The van der Waals surface area contributed by atoms with Gasteiger partial charge in [-0.3, -0.25) is 4.79 Å². The molecule has 1 heterocycles. The number of ether oxygens (including phenoxy) is 2. The summed E-state index contributed by atoms with van der Waals surface area (Å²) >= 11 is 0. The lowest BCUT2D eigenvalue weighted by atomic mass is 9.99. The van der Waals surface area contributed by atoms with Crippen LogP contribution in [0.3, 0.4) is 0 Å². The first-order valence-corrected chi connectivity index (χ1v) is 24.2. The molecule has 9 nitrogen and oxygen atoms in total. The first-order chi connectivity index (χ1) is 29.3. The molecule has 0 radical (unpaired) electrons. The highest BCUT2D eigenvalue weighted by atomic mass is 16.7. The van der Waals surface area contributed by atoms with Gasteiger partial charge in [-0.2, -0.15) is 0 Å². The minimum atomic E-state index is -1.57. The molecule has 346 valence electrons. The number of carbonyl (C=O) groups is 1. The van der Waals surface area contributed by atoms with Crippen LogP contribution in [0, 0.1) is 0 Å². The van der Waals surface area contributed by atoms with E-state index >= 15 is 0 Å². The van der Waals surface area contributed by atoms with Crippen LogP contribution in [0.25, 0.3) is 0 Å². The maximum absolute atomic E-state index is 12.9. The lowest BCUT2D eigenvalue weighted by Gasteiger charge is -2.40. The largest absolute Gasteiger partial charge is 0.394 e. The van der Waals surface area contributed by atoms with Crippen LogP contribution >= 0.6 is 0 Å². The number of amides is 1. The van der Waals surface area contributed by atoms with Crippen molar-refractivity contribution >= 4 is 5.91 Å². The van der Waals surface area contributed by atoms with E-state index < -0.39 is 49.5 Å². The number of hydrogen-bond donors (Lipinski definition) is 6. The van der Waals surface area contributed by atoms with E-state index in [4.69, 9.17) is 9.47 Å². The average molecular weight is 844 g/mol. The molecule has 1 amide bonds. The minimum Gasteiger partial charge on any atom is -0.394 e. The lowest BCUT2D eigenvalue weighted by molar-refractivity contribution is -0.302. The molecule has 1 rings (SSSR count). The third-order valence-corrected chi connectivity index (χ3v) is 11.0. The van der Waals surface area contributed by atoms with E-state index in [-0.39, 0.29) is 12.5 Å². The highest BCUT2D eigenvalue weighted by molar-refractivity contribution is 5.76. The maximum atomic E-state index is 12.9. The number of aliphatic hydroxyl groups excluding tert-OH is 5. The number of rotatable bonds is 39. The van der Waals surface area contributed by atoms with E-state index in [1.807, 2.05) is 6.08 Å². The molecule has 1 aliphatic heterocycles. The molecule has 60 heavy (non-hydrogen) atoms. The summed E-state index contributed by atoms with van der Waals surface area (Å²) in [7, 11) is 0. The Bertz CT molecular complexity index is 1160. The number of aliphatic hydroxyl groups is 5. The Balaban J connectivity index is 2.14. The van der Waals surface area contributed by atoms with Gasteiger partial charge in [0.2, 0.25) is 5.91 Å². The van der Waals surface area contributed by atoms with Gasteiger partial charge in [0.05, 0.1) is 25.4 Å². The number of hydrogen-bond acceptors (Lipinski definition) is 8. The molecule has 0 bridgehead atoms. The van der Waals surface area contributed by atoms with E-state index in [0.29, 0.717) is 6.42 Å². The summed E-state index contributed by atoms with van der Waals surface area (Å²) in [4.78, 5) is 12.9. The Labute approximate surface area is 366 Å². The Kier molecular flexibility index (Phi) is 37.7. The van der Waals surface area contributed by atoms with E-state index in [0.717, 1.165) is 77.0 Å². The van der Waals surface area contributed by atoms with Crippen LogP contribution in [0.1, 0.15) is 187 Å². The molecule has 0 saturated carbocycles. The molecule has 1 fully saturated rings. The van der Waals surface area contributed by atoms with Crippen molar-refractivity contribution in [2.45, 2.75) is 230 Å². The topological polar surface area (TPSA) is 149 Å². The Morgan fingerprint density at radius 1 is 0.583 bits per heavy atom. The second-order valence-electron chi connectivity index (χ2n) is 16.5. The predicted octanol–water partition coefficient (Wildman–Crippen LogP) is 10.6. The molecule has 0 aromatic rings. The Morgan fingerprint density at radius 3 is 1.60 bits per heavy atom. The highest BCUT2D eigenvalue weighted by Gasteiger charge is 2.44. The van der Waals surface area contributed by atoms with Gasteiger partial charge in [0.25, 0.3) is 0 Å². The third kappa shape index (κ3) is 30.6. The van der Waals surface area contributed by atoms with Gasteiger partial charge < -0.3 is 40.3 Å². The molecular formula is C51H89NO8. The van der Waals surface area contributed by atoms with Crippen LogP contribution < -0.4 is 5.32 Å². The van der Waals surface area contributed by atoms with Crippen molar-refractivity contribution in [2.24, 2.45) is 0 Å². The van der Waals surface area contributed by atoms with Gasteiger partial charge in [-0.25, -0.2) is 0 Å². The van der Waals surface area contributed by atoms with Crippen LogP contribution in [-0.4, -0.2) is 87.5 Å². The second kappa shape index (κ2) is 40.7. The van der Waals surface area contributed by atoms with Crippen molar-refractivity contribution in [1.82, 2.24) is 5.32 Å². The molecule has 9 heteroatoms. The fourth-order valence-electron chi connectivity index (χ4n) is 7.15. The summed E-state index contributed by atoms with van der Waals surface area (Å²) in [5.74, 6) is -0.193. The normalized spacial score (nSPS) is 21.2. The van der Waals surface area contributed by atoms with Gasteiger partial charge in [-0.15, -0.1) is 0 Å². The predicted molar refractivity (Wildman–Crippen MR) is 249 cm³/mol. The standard InChI is InChI=1S/C51H89NO8/c1-3-5-7-9-11-13-14-15-16-17-18-19-20-21-22-23-24-25-26-27-28-29-30-31-32-33-35-37-39-41-47(55)52-44(45(54)40-38-36-34-12-10-8-6-4-2)43-59-51-50(58)49(57)48(56)46(42-53)60-51/h5,7,10-13,15-16,18-19,38,40,44-46,48-51,53-54,56-58H,3-4,6,8-9,14,17,20-37,39,41-43H2,1-2H3,(H,52,55)/b7-5-,12-10+,13-11-,16-15-,19-18-,40-38+. The van der Waals surface area contributed by atoms with E-state index in [9.17, 15) is 30.3 Å². The van der Waals surface area contributed by atoms with Crippen molar-refractivity contribution in [3.63, 3.8) is 0 Å². The van der Waals surface area contributed by atoms with E-state index in [1.165, 1.54) is 89.9 Å². The Morgan fingerprint density at radius 2 is 1.05 bits per heavy atom. The fraction of sp³-hybridized carbons (Fsp3) is 0.745. The molecule has 0 aliphatic carbocycles. The summed E-state index contributed by atoms with van der Waals surface area (Å²) in [6.45, 7) is 3.55. The van der Waals surface area contributed by atoms with Gasteiger partial charge in [-0.05, 0) is 64.2 Å². The third-order valence-electron chi connectivity index (χ3n) is 11.0. The number of unbranched alkanes of at least 4 members (excludes halogenated alkanes) is 19. The van der Waals surface area contributed by atoms with Crippen molar-refractivity contribution in [3.05, 3.63) is 72.9 Å². The zero-order chi connectivity index (χ0) is 43.7. The summed E-state index contributed by atoms with van der Waals surface area (Å²) in [6, 6.07) is -0.821. The van der Waals surface area contributed by atoms with Gasteiger partial charge in [0, 0.05) is 6.42 Å². The highest BCUT2D eigenvalue weighted by Crippen LogP contribution is 2.22. The van der Waals surface area contributed by atoms with Gasteiger partial charge in [0.15, 0.2) is 6.29 Å². The zero-order valence-corrected chi connectivity index (χ0v) is 37.9. The molecule has 7 atom stereocenters. The SMILES string of the molecule is CC/C=C\C/C=C\C/C=C\C/C=C\CCCCCCCCCCCCCCCCCCC(=O)NC(COC1OC(CO)C(O)C(O)C1O)C(O)/C=C/CC/C=C/CCCC. The first kappa shape index (κ1) is 55.6. The zero-order valence-electron chi connectivity index (χ0n) is 37.9. The molecule has 6 N–H and O–H groups in total. The molecular weight excluding hydrogens is 755 g/mol. The maximum Gasteiger partial charge on any atom is 0.220 e. The van der Waals surface area contributed by atoms with Crippen LogP contribution in [0.5, 0.6) is 0 Å². The van der Waals surface area contributed by atoms with Crippen LogP contribution in [0.4, 0.5) is 0 Å². The monoisotopic (exact) mass is 844 g/mol. The van der Waals surface area contributed by atoms with Crippen LogP contribution in [-0.2, 0) is 14.3 Å². The summed E-state index contributed by atoms with van der Waals surface area (Å²) in [5, 5.41) is 53.9. The molecule has 1 aliphatic rings. The molecule has 0 aromatic carbocycles. The summed E-state index contributed by atoms with van der Waals surface area (Å²) in [5.41, 5.74) is 0. The van der Waals surface area contributed by atoms with Crippen molar-refractivity contribution in [1.29, 1.82) is 0 Å². The van der Waals surface area contributed by atoms with Gasteiger partial charge in [0.1, 0.15) is 24.4 Å². The van der Waals surface area contributed by atoms with E-state index in [2.05, 4.69) is 79.9 Å². The minimum absolute atomic E-state index is 0.193. The van der Waals surface area contributed by atoms with E-state index in [1.54, 1.807) is 6.08 Å². The molecule has 7 unspecified atom stereocenters. The first-order valence-electron chi connectivity index (χ1n) is 24.2. The van der Waals surface area contributed by atoms with Crippen molar-refractivity contribution in [2.75, 3.05) is 13.2 Å². The van der Waals surface area contributed by atoms with Crippen molar-refractivity contribution < 1.29 is 39.8 Å². The second-order valence-corrected chi connectivity index (χ2v) is 16.5. The van der Waals surface area contributed by atoms with Gasteiger partial charge in [-0.1, -0.05) is 189 Å². The summed E-state index contributed by atoms with van der Waals surface area (Å²) < 4.78 is 11.2. The number of nitrogens with one attached hydrogen (secondary N) is 1. The molecule has 0 spiro atoms. The number of allylic oxidation sites excluding steroid dienone is 11. The van der Waals surface area contributed by atoms with Crippen LogP contribution in [0.15, 0.2) is 72.9 Å². The lowest BCUT2D eigenvalue weighted by Crippen LogP contribution is -2.60. The number of carbonyl (C=O) groups excluding carboxylic acids is 1. The Hall–Kier alpha value is -2.37. The molecule has 1 saturated heterocycles. The van der Waals surface area contributed by atoms with Crippen LogP contribution in [0.2, 0.25) is 0 Å². The fourth-order valence-corrected chi connectivity index (χ4v) is 7.15. The van der Waals surface area contributed by atoms with Gasteiger partial charge >= 0.3 is 0 Å². The smallest absolute Gasteiger partial charge is 0.220 e. The summed E-state index contributed by atoms with van der Waals surface area (Å²) in [6.07, 6.45) is 48.4. The quantitative estimate of drug-likeness (QED) is 0.0265. The molecule has 0 aromatic heterocycles.